The number of aryl methyl sites for hydroxylation is 1. The first-order chi connectivity index (χ1) is 22.4. The summed E-state index contributed by atoms with van der Waals surface area (Å²) < 4.78 is 33.5. The van der Waals surface area contributed by atoms with Gasteiger partial charge in [-0.25, -0.2) is 4.79 Å². The van der Waals surface area contributed by atoms with Gasteiger partial charge >= 0.3 is 5.69 Å². The molecule has 1 saturated heterocycles. The minimum atomic E-state index is -1.72. The molecule has 250 valence electrons. The number of nitrogens with one attached hydrogen (secondary N) is 1. The number of hydrogen-bond donors (Lipinski definition) is 1. The number of rotatable bonds is 13. The Labute approximate surface area is 278 Å². The molecular formula is C37H46N2O7Si. The summed E-state index contributed by atoms with van der Waals surface area (Å²) in [6, 6.07) is 25.9. The van der Waals surface area contributed by atoms with E-state index in [9.17, 15) is 9.59 Å². The largest absolute Gasteiger partial charge is 0.489 e. The third kappa shape index (κ3) is 8.89. The van der Waals surface area contributed by atoms with E-state index in [4.69, 9.17) is 23.7 Å². The Hall–Kier alpha value is -3.96. The highest BCUT2D eigenvalue weighted by Crippen LogP contribution is 2.40. The molecule has 5 rings (SSSR count). The molecule has 9 nitrogen and oxygen atoms in total. The Morgan fingerprint density at radius 3 is 1.98 bits per heavy atom. The SMILES string of the molecule is Cc1cn([C@@]2([SiH](C)C)C[C@H](OC(C)(C)C)[C@@H](COCc3cc(OCc4ccccc4)cc(OCc4ccccc4)c3)O2)c(=O)[nH]c1=O. The Balaban J connectivity index is 1.35. The van der Waals surface area contributed by atoms with E-state index in [0.29, 0.717) is 36.7 Å². The van der Waals surface area contributed by atoms with Crippen LogP contribution in [-0.2, 0) is 39.4 Å². The molecule has 0 amide bonds. The highest BCUT2D eigenvalue weighted by Gasteiger charge is 2.52. The van der Waals surface area contributed by atoms with Crippen molar-refractivity contribution in [3.05, 3.63) is 128 Å². The first-order valence-corrected chi connectivity index (χ1v) is 19.0. The first kappa shape index (κ1) is 34.4. The van der Waals surface area contributed by atoms with E-state index in [2.05, 4.69) is 18.1 Å². The molecule has 47 heavy (non-hydrogen) atoms. The molecule has 0 radical (unpaired) electrons. The Kier molecular flexibility index (Phi) is 10.9. The summed E-state index contributed by atoms with van der Waals surface area (Å²) in [6.45, 7) is 13.4. The molecule has 0 bridgehead atoms. The van der Waals surface area contributed by atoms with Gasteiger partial charge in [0.05, 0.1) is 33.7 Å². The summed E-state index contributed by atoms with van der Waals surface area (Å²) in [4.78, 5) is 27.7. The number of benzene rings is 3. The fraction of sp³-hybridized carbons (Fsp3) is 0.405. The van der Waals surface area contributed by atoms with Crippen LogP contribution in [0.15, 0.2) is 94.6 Å². The second-order valence-electron chi connectivity index (χ2n) is 13.4. The molecule has 1 fully saturated rings. The second-order valence-corrected chi connectivity index (χ2v) is 16.7. The molecule has 2 heterocycles. The molecule has 0 aliphatic carbocycles. The van der Waals surface area contributed by atoms with Crippen molar-refractivity contribution in [2.45, 2.75) is 90.2 Å². The maximum Gasteiger partial charge on any atom is 0.330 e. The number of nitrogens with zero attached hydrogens (tertiary/aromatic N) is 1. The van der Waals surface area contributed by atoms with Gasteiger partial charge in [-0.1, -0.05) is 73.8 Å². The Bertz CT molecular complexity index is 1670. The van der Waals surface area contributed by atoms with Crippen LogP contribution in [0.2, 0.25) is 13.1 Å². The van der Waals surface area contributed by atoms with Gasteiger partial charge in [-0.15, -0.1) is 0 Å². The van der Waals surface area contributed by atoms with Gasteiger partial charge in [0.25, 0.3) is 5.56 Å². The molecule has 1 N–H and O–H groups in total. The van der Waals surface area contributed by atoms with Crippen molar-refractivity contribution in [1.29, 1.82) is 0 Å². The maximum absolute atomic E-state index is 13.1. The van der Waals surface area contributed by atoms with Gasteiger partial charge < -0.3 is 23.7 Å². The predicted octanol–water partition coefficient (Wildman–Crippen LogP) is 5.87. The molecule has 0 spiro atoms. The van der Waals surface area contributed by atoms with E-state index < -0.39 is 37.1 Å². The van der Waals surface area contributed by atoms with Gasteiger partial charge in [0, 0.05) is 24.2 Å². The van der Waals surface area contributed by atoms with Gasteiger partial charge in [0.1, 0.15) is 36.2 Å². The van der Waals surface area contributed by atoms with E-state index in [0.717, 1.165) is 16.7 Å². The zero-order valence-electron chi connectivity index (χ0n) is 28.2. The molecule has 0 unspecified atom stereocenters. The van der Waals surface area contributed by atoms with Crippen LogP contribution in [0.5, 0.6) is 11.5 Å². The predicted molar refractivity (Wildman–Crippen MR) is 185 cm³/mol. The Morgan fingerprint density at radius 1 is 0.872 bits per heavy atom. The van der Waals surface area contributed by atoms with Gasteiger partial charge in [-0.05, 0) is 56.5 Å². The minimum Gasteiger partial charge on any atom is -0.489 e. The summed E-state index contributed by atoms with van der Waals surface area (Å²) in [5.74, 6) is 1.36. The fourth-order valence-corrected chi connectivity index (χ4v) is 7.73. The topological polar surface area (TPSA) is 101 Å². The number of aromatic amines is 1. The van der Waals surface area contributed by atoms with Crippen LogP contribution in [0.25, 0.3) is 0 Å². The summed E-state index contributed by atoms with van der Waals surface area (Å²) in [7, 11) is -1.72. The van der Waals surface area contributed by atoms with Crippen LogP contribution in [-0.4, -0.2) is 42.8 Å². The Morgan fingerprint density at radius 2 is 1.45 bits per heavy atom. The van der Waals surface area contributed by atoms with E-state index >= 15 is 0 Å². The van der Waals surface area contributed by atoms with E-state index in [1.165, 1.54) is 0 Å². The minimum absolute atomic E-state index is 0.246. The van der Waals surface area contributed by atoms with Gasteiger partial charge in [0.2, 0.25) is 0 Å². The second kappa shape index (κ2) is 14.9. The number of H-pyrrole nitrogens is 1. The van der Waals surface area contributed by atoms with Crippen LogP contribution < -0.4 is 20.7 Å². The number of ether oxygens (including phenoxy) is 5. The lowest BCUT2D eigenvalue weighted by molar-refractivity contribution is -0.123. The van der Waals surface area contributed by atoms with Gasteiger partial charge in [-0.3, -0.25) is 14.3 Å². The molecule has 0 saturated carbocycles. The quantitative estimate of drug-likeness (QED) is 0.179. The zero-order chi connectivity index (χ0) is 33.6. The van der Waals surface area contributed by atoms with Crippen molar-refractivity contribution in [2.75, 3.05) is 6.61 Å². The summed E-state index contributed by atoms with van der Waals surface area (Å²) in [5.41, 5.74) is 2.16. The number of hydrogen-bond acceptors (Lipinski definition) is 7. The molecule has 10 heteroatoms. The van der Waals surface area contributed by atoms with Crippen molar-refractivity contribution in [1.82, 2.24) is 9.55 Å². The van der Waals surface area contributed by atoms with Crippen LogP contribution in [0, 0.1) is 6.92 Å². The average Bonchev–Trinajstić information content (AvgIpc) is 3.39. The average molecular weight is 659 g/mol. The van der Waals surface area contributed by atoms with Crippen LogP contribution >= 0.6 is 0 Å². The van der Waals surface area contributed by atoms with Crippen LogP contribution in [0.3, 0.4) is 0 Å². The zero-order valence-corrected chi connectivity index (χ0v) is 29.3. The smallest absolute Gasteiger partial charge is 0.330 e. The molecule has 1 aromatic heterocycles. The van der Waals surface area contributed by atoms with Crippen molar-refractivity contribution >= 4 is 8.80 Å². The van der Waals surface area contributed by atoms with Gasteiger partial charge in [0.15, 0.2) is 0 Å². The van der Waals surface area contributed by atoms with Crippen molar-refractivity contribution < 1.29 is 23.7 Å². The summed E-state index contributed by atoms with van der Waals surface area (Å²) >= 11 is 0. The van der Waals surface area contributed by atoms with Crippen LogP contribution in [0.1, 0.15) is 49.4 Å². The monoisotopic (exact) mass is 658 g/mol. The van der Waals surface area contributed by atoms with Crippen molar-refractivity contribution in [2.24, 2.45) is 0 Å². The first-order valence-electron chi connectivity index (χ1n) is 16.2. The lowest BCUT2D eigenvalue weighted by Crippen LogP contribution is -2.52. The molecular weight excluding hydrogens is 613 g/mol. The van der Waals surface area contributed by atoms with Gasteiger partial charge in [-0.2, -0.15) is 0 Å². The van der Waals surface area contributed by atoms with Crippen molar-refractivity contribution in [3.8, 4) is 11.5 Å². The molecule has 3 aromatic carbocycles. The van der Waals surface area contributed by atoms with E-state index in [1.54, 1.807) is 17.7 Å². The van der Waals surface area contributed by atoms with E-state index in [-0.39, 0.29) is 19.3 Å². The van der Waals surface area contributed by atoms with E-state index in [1.807, 2.05) is 99.6 Å². The standard InChI is InChI=1S/C37H46N2O7Si/c1-26-21-39(35(41)38-34(26)40)37(47(5)6)20-32(45-36(2,3)4)33(46-37)25-42-22-29-17-30(43-23-27-13-9-7-10-14-27)19-31(18-29)44-24-28-15-11-8-12-16-28/h7-19,21,32-33,47H,20,22-25H2,1-6H3,(H,38,40,41)/t32-,33+,37-/m0/s1. The molecule has 4 aromatic rings. The molecule has 3 atom stereocenters. The lowest BCUT2D eigenvalue weighted by Gasteiger charge is -2.34. The normalized spacial score (nSPS) is 19.6. The highest BCUT2D eigenvalue weighted by atomic mass is 28.3. The lowest BCUT2D eigenvalue weighted by atomic mass is 10.1. The van der Waals surface area contributed by atoms with Crippen LogP contribution in [0.4, 0.5) is 0 Å². The maximum atomic E-state index is 13.1. The molecule has 1 aliphatic rings. The number of aromatic nitrogens is 2. The fourth-order valence-electron chi connectivity index (χ4n) is 5.83. The van der Waals surface area contributed by atoms with Crippen molar-refractivity contribution in [3.63, 3.8) is 0 Å². The third-order valence-electron chi connectivity index (χ3n) is 8.19. The summed E-state index contributed by atoms with van der Waals surface area (Å²) in [5, 5.41) is -0.889. The highest BCUT2D eigenvalue weighted by molar-refractivity contribution is 6.58. The third-order valence-corrected chi connectivity index (χ3v) is 10.6. The summed E-state index contributed by atoms with van der Waals surface area (Å²) in [6.07, 6.45) is 1.33. The molecule has 1 aliphatic heterocycles.